The summed E-state index contributed by atoms with van der Waals surface area (Å²) in [5, 5.41) is 9.34. The van der Waals surface area contributed by atoms with Gasteiger partial charge in [-0.15, -0.1) is 0 Å². The number of tetrazole rings is 1. The quantitative estimate of drug-likeness (QED) is 0.584. The number of hydroxylamine groups is 1. The van der Waals surface area contributed by atoms with Crippen molar-refractivity contribution in [3.8, 4) is 5.69 Å². The fraction of sp³-hybridized carbons (Fsp3) is 0.200. The fourth-order valence-electron chi connectivity index (χ4n) is 1.45. The van der Waals surface area contributed by atoms with Gasteiger partial charge in [-0.25, -0.2) is 15.4 Å². The second kappa shape index (κ2) is 5.93. The number of benzene rings is 1. The predicted molar refractivity (Wildman–Crippen MR) is 73.3 cm³/mol. The predicted octanol–water partition coefficient (Wildman–Crippen LogP) is 0.128. The molecule has 0 spiro atoms. The van der Waals surface area contributed by atoms with Crippen LogP contribution in [0.2, 0.25) is 0 Å². The van der Waals surface area contributed by atoms with E-state index in [-0.39, 0.29) is 12.5 Å². The van der Waals surface area contributed by atoms with Crippen LogP contribution in [0.4, 0.5) is 0 Å². The van der Waals surface area contributed by atoms with Gasteiger partial charge in [-0.2, -0.15) is 4.68 Å². The maximum Gasteiger partial charge on any atom is 0.365 e. The summed E-state index contributed by atoms with van der Waals surface area (Å²) < 4.78 is 2.02. The maximum absolute atomic E-state index is 11.5. The van der Waals surface area contributed by atoms with E-state index in [0.29, 0.717) is 5.69 Å². The number of carbonyl (C=O) groups is 1. The second-order valence-electron chi connectivity index (χ2n) is 3.60. The van der Waals surface area contributed by atoms with Crippen LogP contribution in [0.5, 0.6) is 0 Å². The first kappa shape index (κ1) is 13.7. The molecule has 2 aromatic rings. The Labute approximate surface area is 121 Å². The number of rotatable bonds is 4. The highest BCUT2D eigenvalue weighted by atomic mass is 127. The number of carbonyl (C=O) groups excluding carboxylic acids is 1. The van der Waals surface area contributed by atoms with Crippen LogP contribution in [0.3, 0.4) is 0 Å². The van der Waals surface area contributed by atoms with E-state index in [9.17, 15) is 9.59 Å². The Morgan fingerprint density at radius 3 is 3.00 bits per heavy atom. The number of amides is 1. The summed E-state index contributed by atoms with van der Waals surface area (Å²) in [5.74, 6) is -0.300. The van der Waals surface area contributed by atoms with Crippen molar-refractivity contribution in [2.75, 3.05) is 0 Å². The molecule has 1 aromatic carbocycles. The maximum atomic E-state index is 11.5. The topological polar surface area (TPSA) is 102 Å². The Bertz CT molecular complexity index is 651. The lowest BCUT2D eigenvalue weighted by Gasteiger charge is -2.10. The average molecular weight is 375 g/mol. The highest BCUT2D eigenvalue weighted by molar-refractivity contribution is 14.1. The van der Waals surface area contributed by atoms with Gasteiger partial charge in [-0.3, -0.25) is 9.63 Å². The van der Waals surface area contributed by atoms with E-state index >= 15 is 0 Å². The van der Waals surface area contributed by atoms with Gasteiger partial charge in [0.15, 0.2) is 0 Å². The second-order valence-corrected chi connectivity index (χ2v) is 4.76. The lowest BCUT2D eigenvalue weighted by atomic mass is 10.2. The van der Waals surface area contributed by atoms with Crippen LogP contribution < -0.4 is 11.2 Å². The lowest BCUT2D eigenvalue weighted by molar-refractivity contribution is -0.132. The highest BCUT2D eigenvalue weighted by Crippen LogP contribution is 2.19. The first-order valence-electron chi connectivity index (χ1n) is 5.26. The molecule has 0 radical (unpaired) electrons. The van der Waals surface area contributed by atoms with Gasteiger partial charge in [0.05, 0.1) is 5.69 Å². The Hall–Kier alpha value is -1.75. The molecule has 1 heterocycles. The number of hydrogen-bond donors (Lipinski definition) is 2. The van der Waals surface area contributed by atoms with Crippen molar-refractivity contribution >= 4 is 28.5 Å². The molecule has 19 heavy (non-hydrogen) atoms. The summed E-state index contributed by atoms with van der Waals surface area (Å²) >= 11 is 2.11. The third kappa shape index (κ3) is 3.17. The molecule has 2 N–H and O–H groups in total. The third-order valence-corrected chi connectivity index (χ3v) is 3.24. The van der Waals surface area contributed by atoms with Gasteiger partial charge in [0.25, 0.3) is 0 Å². The number of nitrogens with one attached hydrogen (secondary N) is 2. The number of nitrogens with zero attached hydrogens (tertiary/aromatic N) is 3. The van der Waals surface area contributed by atoms with E-state index in [1.165, 1.54) is 6.92 Å². The van der Waals surface area contributed by atoms with Gasteiger partial charge in [0.2, 0.25) is 5.91 Å². The zero-order valence-corrected chi connectivity index (χ0v) is 12.0. The molecule has 0 aliphatic heterocycles. The minimum absolute atomic E-state index is 0.118. The van der Waals surface area contributed by atoms with E-state index in [4.69, 9.17) is 4.84 Å². The molecular weight excluding hydrogens is 365 g/mol. The van der Waals surface area contributed by atoms with Gasteiger partial charge in [-0.05, 0) is 45.2 Å². The third-order valence-electron chi connectivity index (χ3n) is 2.23. The van der Waals surface area contributed by atoms with Crippen molar-refractivity contribution in [3.63, 3.8) is 0 Å². The minimum atomic E-state index is -0.442. The van der Waals surface area contributed by atoms with Gasteiger partial charge >= 0.3 is 5.69 Å². The molecule has 0 aliphatic rings. The number of H-pyrrole nitrogens is 1. The summed E-state index contributed by atoms with van der Waals surface area (Å²) in [6, 6.07) is 5.38. The number of halogens is 1. The van der Waals surface area contributed by atoms with Crippen LogP contribution in [-0.4, -0.2) is 26.1 Å². The van der Waals surface area contributed by atoms with Crippen molar-refractivity contribution in [3.05, 3.63) is 37.8 Å². The highest BCUT2D eigenvalue weighted by Gasteiger charge is 2.12. The molecule has 9 heteroatoms. The first-order valence-corrected chi connectivity index (χ1v) is 6.34. The molecule has 1 amide bonds. The Morgan fingerprint density at radius 2 is 2.37 bits per heavy atom. The number of aromatic amines is 1. The van der Waals surface area contributed by atoms with Crippen molar-refractivity contribution in [1.29, 1.82) is 0 Å². The summed E-state index contributed by atoms with van der Waals surface area (Å²) in [7, 11) is 0. The zero-order valence-electron chi connectivity index (χ0n) is 9.88. The van der Waals surface area contributed by atoms with Crippen LogP contribution in [0.25, 0.3) is 5.69 Å². The minimum Gasteiger partial charge on any atom is -0.273 e. The largest absolute Gasteiger partial charge is 0.365 e. The smallest absolute Gasteiger partial charge is 0.273 e. The normalized spacial score (nSPS) is 10.4. The summed E-state index contributed by atoms with van der Waals surface area (Å²) in [6.45, 7) is 1.46. The molecule has 100 valence electrons. The van der Waals surface area contributed by atoms with E-state index in [2.05, 4.69) is 43.6 Å². The van der Waals surface area contributed by atoms with Crippen molar-refractivity contribution < 1.29 is 9.63 Å². The van der Waals surface area contributed by atoms with Crippen LogP contribution >= 0.6 is 22.6 Å². The Balaban J connectivity index is 2.34. The standard InChI is InChI=1S/C10H10IN5O3/c1-6(17)13-19-5-7-8(11)3-2-4-9(7)16-10(18)12-14-15-16/h2-4H,5H2,1H3,(H,13,17)(H,12,15,18). The van der Waals surface area contributed by atoms with E-state index in [0.717, 1.165) is 13.8 Å². The number of hydrogen-bond acceptors (Lipinski definition) is 5. The van der Waals surface area contributed by atoms with Crippen LogP contribution in [0.15, 0.2) is 23.0 Å². The molecule has 8 nitrogen and oxygen atoms in total. The zero-order chi connectivity index (χ0) is 13.8. The van der Waals surface area contributed by atoms with Crippen LogP contribution in [0, 0.1) is 3.57 Å². The fourth-order valence-corrected chi connectivity index (χ4v) is 2.09. The summed E-state index contributed by atoms with van der Waals surface area (Å²) in [5.41, 5.74) is 3.07. The lowest BCUT2D eigenvalue weighted by Crippen LogP contribution is -2.22. The van der Waals surface area contributed by atoms with Crippen molar-refractivity contribution in [2.24, 2.45) is 0 Å². The van der Waals surface area contributed by atoms with Crippen LogP contribution in [-0.2, 0) is 16.2 Å². The molecule has 0 saturated carbocycles. The molecular formula is C10H10IN5O3. The van der Waals surface area contributed by atoms with Gasteiger partial charge in [-0.1, -0.05) is 6.07 Å². The summed E-state index contributed by atoms with van der Waals surface area (Å²) in [4.78, 5) is 27.4. The van der Waals surface area contributed by atoms with Crippen molar-refractivity contribution in [2.45, 2.75) is 13.5 Å². The van der Waals surface area contributed by atoms with E-state index in [1.54, 1.807) is 12.1 Å². The Kier molecular flexibility index (Phi) is 4.27. The molecule has 0 fully saturated rings. The Morgan fingerprint density at radius 1 is 1.58 bits per heavy atom. The molecule has 0 saturated heterocycles. The monoisotopic (exact) mass is 375 g/mol. The molecule has 1 aromatic heterocycles. The SMILES string of the molecule is CC(=O)NOCc1c(I)cccc1-n1nn[nH]c1=O. The molecule has 2 rings (SSSR count). The van der Waals surface area contributed by atoms with Gasteiger partial charge < -0.3 is 0 Å². The van der Waals surface area contributed by atoms with Crippen LogP contribution in [0.1, 0.15) is 12.5 Å². The molecule has 0 atom stereocenters. The first-order chi connectivity index (χ1) is 9.09. The van der Waals surface area contributed by atoms with Crippen molar-refractivity contribution in [1.82, 2.24) is 25.7 Å². The van der Waals surface area contributed by atoms with E-state index in [1.807, 2.05) is 6.07 Å². The molecule has 0 bridgehead atoms. The average Bonchev–Trinajstić information content (AvgIpc) is 2.77. The molecule has 0 unspecified atom stereocenters. The molecule has 0 aliphatic carbocycles. The van der Waals surface area contributed by atoms with E-state index < -0.39 is 5.69 Å². The van der Waals surface area contributed by atoms with Gasteiger partial charge in [0.1, 0.15) is 6.61 Å². The number of aromatic nitrogens is 4. The van der Waals surface area contributed by atoms with Gasteiger partial charge in [0, 0.05) is 16.1 Å². The summed E-state index contributed by atoms with van der Waals surface area (Å²) in [6.07, 6.45) is 0.